The van der Waals surface area contributed by atoms with Crippen molar-refractivity contribution in [2.75, 3.05) is 13.1 Å². The van der Waals surface area contributed by atoms with Crippen LogP contribution in [-0.4, -0.2) is 53.7 Å². The van der Waals surface area contributed by atoms with Gasteiger partial charge in [-0.3, -0.25) is 29.4 Å². The van der Waals surface area contributed by atoms with Crippen molar-refractivity contribution in [1.82, 2.24) is 20.9 Å². The van der Waals surface area contributed by atoms with Gasteiger partial charge in [0.1, 0.15) is 6.04 Å². The number of hydrogen-bond acceptors (Lipinski definition) is 6. The molecule has 4 amide bonds. The molecule has 3 heterocycles. The molecule has 0 bridgehead atoms. The van der Waals surface area contributed by atoms with E-state index < -0.39 is 23.8 Å². The molecule has 1 aromatic carbocycles. The maximum Gasteiger partial charge on any atom is 0.262 e. The van der Waals surface area contributed by atoms with Crippen molar-refractivity contribution < 1.29 is 19.2 Å². The number of nitrogens with zero attached hydrogens (tertiary/aromatic N) is 1. The number of amides is 4. The van der Waals surface area contributed by atoms with Gasteiger partial charge in [0.25, 0.3) is 11.8 Å². The highest BCUT2D eigenvalue weighted by Crippen LogP contribution is 2.30. The van der Waals surface area contributed by atoms with Crippen molar-refractivity contribution in [2.45, 2.75) is 44.3 Å². The smallest absolute Gasteiger partial charge is 0.262 e. The molecule has 1 aromatic rings. The molecule has 8 heteroatoms. The Hall–Kier alpha value is -2.58. The Balaban J connectivity index is 1.55. The first-order chi connectivity index (χ1) is 13.1. The van der Waals surface area contributed by atoms with E-state index in [1.54, 1.807) is 12.1 Å². The zero-order valence-corrected chi connectivity index (χ0v) is 14.9. The second-order valence-electron chi connectivity index (χ2n) is 7.21. The monoisotopic (exact) mass is 370 g/mol. The standard InChI is InChI=1S/C19H22N4O4/c24-15-7-6-14(17(25)22-15)23-18(26)13-5-1-3-11(16(13)19(23)27)9-21-12-4-2-8-20-10-12/h1,3,5,12,14,20-21H,2,4,6-10H2,(H,22,24,25)/t12-,14?/m0/s1. The highest BCUT2D eigenvalue weighted by Gasteiger charge is 2.45. The minimum atomic E-state index is -0.932. The molecule has 2 atom stereocenters. The van der Waals surface area contributed by atoms with Gasteiger partial charge in [0.2, 0.25) is 11.8 Å². The third-order valence-electron chi connectivity index (χ3n) is 5.43. The van der Waals surface area contributed by atoms with Crippen LogP contribution in [0.2, 0.25) is 0 Å². The van der Waals surface area contributed by atoms with Crippen LogP contribution in [-0.2, 0) is 16.1 Å². The van der Waals surface area contributed by atoms with Gasteiger partial charge in [-0.25, -0.2) is 0 Å². The minimum absolute atomic E-state index is 0.118. The summed E-state index contributed by atoms with van der Waals surface area (Å²) in [5.74, 6) is -1.89. The second kappa shape index (κ2) is 7.21. The Labute approximate surface area is 156 Å². The van der Waals surface area contributed by atoms with Crippen molar-refractivity contribution in [2.24, 2.45) is 0 Å². The molecule has 1 unspecified atom stereocenters. The van der Waals surface area contributed by atoms with E-state index in [9.17, 15) is 19.2 Å². The molecule has 3 N–H and O–H groups in total. The van der Waals surface area contributed by atoms with Crippen molar-refractivity contribution >= 4 is 23.6 Å². The van der Waals surface area contributed by atoms with Crippen LogP contribution in [0.25, 0.3) is 0 Å². The first kappa shape index (κ1) is 17.8. The molecule has 3 aliphatic heterocycles. The van der Waals surface area contributed by atoms with Crippen LogP contribution in [0.4, 0.5) is 0 Å². The normalized spacial score (nSPS) is 25.6. The number of carbonyl (C=O) groups is 4. The molecule has 0 spiro atoms. The number of hydrogen-bond donors (Lipinski definition) is 3. The number of carbonyl (C=O) groups excluding carboxylic acids is 4. The Kier molecular flexibility index (Phi) is 4.75. The third kappa shape index (κ3) is 3.26. The summed E-state index contributed by atoms with van der Waals surface area (Å²) in [6.45, 7) is 2.38. The zero-order valence-electron chi connectivity index (χ0n) is 14.9. The average molecular weight is 370 g/mol. The van der Waals surface area contributed by atoms with Gasteiger partial charge in [0.05, 0.1) is 11.1 Å². The molecule has 4 rings (SSSR count). The van der Waals surface area contributed by atoms with Crippen LogP contribution in [0.15, 0.2) is 18.2 Å². The van der Waals surface area contributed by atoms with Gasteiger partial charge in [-0.05, 0) is 37.4 Å². The molecule has 0 aliphatic carbocycles. The van der Waals surface area contributed by atoms with E-state index in [-0.39, 0.29) is 18.7 Å². The second-order valence-corrected chi connectivity index (χ2v) is 7.21. The molecule has 2 fully saturated rings. The SMILES string of the molecule is O=C1CCC(N2C(=O)c3cccc(CN[C@H]4CCCNC4)c3C2=O)C(=O)N1. The Morgan fingerprint density at radius 1 is 1.11 bits per heavy atom. The van der Waals surface area contributed by atoms with Crippen LogP contribution in [0.3, 0.4) is 0 Å². The van der Waals surface area contributed by atoms with Gasteiger partial charge in [-0.15, -0.1) is 0 Å². The number of nitrogens with one attached hydrogen (secondary N) is 3. The minimum Gasteiger partial charge on any atom is -0.315 e. The molecule has 8 nitrogen and oxygen atoms in total. The van der Waals surface area contributed by atoms with E-state index in [1.807, 2.05) is 6.07 Å². The molecule has 0 aromatic heterocycles. The highest BCUT2D eigenvalue weighted by molar-refractivity contribution is 6.24. The lowest BCUT2D eigenvalue weighted by Gasteiger charge is -2.28. The van der Waals surface area contributed by atoms with E-state index in [4.69, 9.17) is 0 Å². The largest absolute Gasteiger partial charge is 0.315 e. The predicted octanol–water partition coefficient (Wildman–Crippen LogP) is -0.0706. The van der Waals surface area contributed by atoms with E-state index in [0.29, 0.717) is 23.7 Å². The van der Waals surface area contributed by atoms with E-state index in [1.165, 1.54) is 0 Å². The van der Waals surface area contributed by atoms with Crippen molar-refractivity contribution in [3.8, 4) is 0 Å². The van der Waals surface area contributed by atoms with Gasteiger partial charge in [-0.2, -0.15) is 0 Å². The fourth-order valence-corrected chi connectivity index (χ4v) is 4.01. The molecule has 27 heavy (non-hydrogen) atoms. The third-order valence-corrected chi connectivity index (χ3v) is 5.43. The van der Waals surface area contributed by atoms with Gasteiger partial charge in [0.15, 0.2) is 0 Å². The van der Waals surface area contributed by atoms with Crippen LogP contribution < -0.4 is 16.0 Å². The first-order valence-corrected chi connectivity index (χ1v) is 9.34. The Bertz CT molecular complexity index is 816. The lowest BCUT2D eigenvalue weighted by Crippen LogP contribution is -2.54. The van der Waals surface area contributed by atoms with E-state index in [2.05, 4.69) is 16.0 Å². The topological polar surface area (TPSA) is 108 Å². The van der Waals surface area contributed by atoms with Gasteiger partial charge in [-0.1, -0.05) is 12.1 Å². The van der Waals surface area contributed by atoms with Gasteiger partial charge >= 0.3 is 0 Å². The lowest BCUT2D eigenvalue weighted by molar-refractivity contribution is -0.136. The molecular weight excluding hydrogens is 348 g/mol. The number of piperidine rings is 2. The zero-order chi connectivity index (χ0) is 19.0. The summed E-state index contributed by atoms with van der Waals surface area (Å²) in [6.07, 6.45) is 2.45. The first-order valence-electron chi connectivity index (χ1n) is 9.34. The van der Waals surface area contributed by atoms with Crippen molar-refractivity contribution in [3.05, 3.63) is 34.9 Å². The Morgan fingerprint density at radius 3 is 2.70 bits per heavy atom. The maximum atomic E-state index is 13.0. The summed E-state index contributed by atoms with van der Waals surface area (Å²) in [5, 5.41) is 8.99. The molecule has 142 valence electrons. The molecule has 0 saturated carbocycles. The summed E-state index contributed by atoms with van der Waals surface area (Å²) in [7, 11) is 0. The average Bonchev–Trinajstić information content (AvgIpc) is 2.93. The molecule has 0 radical (unpaired) electrons. The van der Waals surface area contributed by atoms with Crippen molar-refractivity contribution in [1.29, 1.82) is 0 Å². The Morgan fingerprint density at radius 2 is 1.96 bits per heavy atom. The number of fused-ring (bicyclic) bond motifs is 1. The highest BCUT2D eigenvalue weighted by atomic mass is 16.2. The number of imide groups is 2. The maximum absolute atomic E-state index is 13.0. The quantitative estimate of drug-likeness (QED) is 0.641. The predicted molar refractivity (Wildman–Crippen MR) is 95.8 cm³/mol. The van der Waals surface area contributed by atoms with Gasteiger partial charge < -0.3 is 10.6 Å². The van der Waals surface area contributed by atoms with E-state index in [0.717, 1.165) is 36.4 Å². The van der Waals surface area contributed by atoms with Crippen LogP contribution >= 0.6 is 0 Å². The summed E-state index contributed by atoms with van der Waals surface area (Å²) < 4.78 is 0. The van der Waals surface area contributed by atoms with Gasteiger partial charge in [0, 0.05) is 25.6 Å². The van der Waals surface area contributed by atoms with E-state index >= 15 is 0 Å². The summed E-state index contributed by atoms with van der Waals surface area (Å²) in [4.78, 5) is 50.3. The molecular formula is C19H22N4O4. The number of rotatable bonds is 4. The summed E-state index contributed by atoms with van der Waals surface area (Å²) in [6, 6.07) is 4.61. The summed E-state index contributed by atoms with van der Waals surface area (Å²) in [5.41, 5.74) is 1.44. The molecule has 3 aliphatic rings. The fraction of sp³-hybridized carbons (Fsp3) is 0.474. The number of benzene rings is 1. The summed E-state index contributed by atoms with van der Waals surface area (Å²) >= 11 is 0. The van der Waals surface area contributed by atoms with Crippen molar-refractivity contribution in [3.63, 3.8) is 0 Å². The van der Waals surface area contributed by atoms with Crippen LogP contribution in [0, 0.1) is 0 Å². The van der Waals surface area contributed by atoms with Crippen LogP contribution in [0.1, 0.15) is 52.0 Å². The molecule has 2 saturated heterocycles. The van der Waals surface area contributed by atoms with Crippen LogP contribution in [0.5, 0.6) is 0 Å². The fourth-order valence-electron chi connectivity index (χ4n) is 4.01. The lowest BCUT2D eigenvalue weighted by atomic mass is 10.0.